The fraction of sp³-hybridized carbons (Fsp3) is 0.400. The van der Waals surface area contributed by atoms with Crippen LogP contribution in [0.1, 0.15) is 18.9 Å². The topological polar surface area (TPSA) is 73.2 Å². The van der Waals surface area contributed by atoms with E-state index in [1.165, 1.54) is 6.07 Å². The van der Waals surface area contributed by atoms with Gasteiger partial charge < -0.3 is 9.30 Å². The van der Waals surface area contributed by atoms with Crippen molar-refractivity contribution in [2.45, 2.75) is 31.7 Å². The third-order valence-electron chi connectivity index (χ3n) is 3.26. The minimum absolute atomic E-state index is 0.0672. The lowest BCUT2D eigenvalue weighted by Crippen LogP contribution is -2.26. The van der Waals surface area contributed by atoms with E-state index in [-0.39, 0.29) is 4.90 Å². The summed E-state index contributed by atoms with van der Waals surface area (Å²) in [5.41, 5.74) is 0.772. The molecule has 0 saturated carbocycles. The van der Waals surface area contributed by atoms with Gasteiger partial charge in [-0.05, 0) is 38.0 Å². The molecule has 1 aromatic carbocycles. The maximum Gasteiger partial charge on any atom is 0.244 e. The Labute approximate surface area is 141 Å². The first-order valence-corrected chi connectivity index (χ1v) is 9.18. The number of sulfonamides is 1. The summed E-state index contributed by atoms with van der Waals surface area (Å²) in [5, 5.41) is 0.396. The van der Waals surface area contributed by atoms with Crippen molar-refractivity contribution < 1.29 is 13.2 Å². The summed E-state index contributed by atoms with van der Waals surface area (Å²) < 4.78 is 34.9. The van der Waals surface area contributed by atoms with Gasteiger partial charge in [-0.1, -0.05) is 11.6 Å². The van der Waals surface area contributed by atoms with Gasteiger partial charge in [0.25, 0.3) is 0 Å². The summed E-state index contributed by atoms with van der Waals surface area (Å²) in [5.74, 6) is 0.316. The molecule has 0 saturated heterocycles. The first kappa shape index (κ1) is 17.8. The normalized spacial score (nSPS) is 11.6. The van der Waals surface area contributed by atoms with E-state index in [0.29, 0.717) is 36.9 Å². The molecular formula is C15H20ClN3O3S. The molecule has 2 rings (SSSR count). The molecule has 0 spiro atoms. The van der Waals surface area contributed by atoms with E-state index in [1.54, 1.807) is 32.4 Å². The second kappa shape index (κ2) is 7.81. The van der Waals surface area contributed by atoms with Gasteiger partial charge in [0.1, 0.15) is 10.6 Å². The molecule has 126 valence electrons. The van der Waals surface area contributed by atoms with E-state index in [9.17, 15) is 8.42 Å². The van der Waals surface area contributed by atoms with Crippen molar-refractivity contribution in [2.75, 3.05) is 13.2 Å². The molecular weight excluding hydrogens is 338 g/mol. The Hall–Kier alpha value is -1.57. The Bertz CT molecular complexity index is 746. The van der Waals surface area contributed by atoms with Crippen molar-refractivity contribution in [3.05, 3.63) is 41.4 Å². The fourth-order valence-corrected chi connectivity index (χ4v) is 3.53. The predicted molar refractivity (Wildman–Crippen MR) is 89.4 cm³/mol. The highest BCUT2D eigenvalue weighted by atomic mass is 35.5. The van der Waals surface area contributed by atoms with Gasteiger partial charge in [0, 0.05) is 30.5 Å². The zero-order valence-electron chi connectivity index (χ0n) is 13.1. The molecule has 0 fully saturated rings. The average molecular weight is 358 g/mol. The van der Waals surface area contributed by atoms with Crippen molar-refractivity contribution in [1.29, 1.82) is 0 Å². The molecule has 0 aliphatic carbocycles. The van der Waals surface area contributed by atoms with Crippen LogP contribution >= 0.6 is 11.6 Å². The van der Waals surface area contributed by atoms with Crippen LogP contribution in [0.5, 0.6) is 5.75 Å². The molecule has 1 heterocycles. The van der Waals surface area contributed by atoms with Crippen LogP contribution in [0.4, 0.5) is 0 Å². The zero-order valence-corrected chi connectivity index (χ0v) is 14.7. The minimum atomic E-state index is -3.68. The third-order valence-corrected chi connectivity index (χ3v) is 5.15. The van der Waals surface area contributed by atoms with E-state index in [4.69, 9.17) is 16.3 Å². The second-order valence-electron chi connectivity index (χ2n) is 5.03. The maximum atomic E-state index is 12.5. The van der Waals surface area contributed by atoms with Crippen LogP contribution in [0.25, 0.3) is 0 Å². The van der Waals surface area contributed by atoms with Gasteiger partial charge in [-0.2, -0.15) is 0 Å². The molecule has 1 N–H and O–H groups in total. The third kappa shape index (κ3) is 4.70. The second-order valence-corrected chi connectivity index (χ2v) is 7.18. The highest BCUT2D eigenvalue weighted by Gasteiger charge is 2.20. The molecule has 6 nitrogen and oxygen atoms in total. The molecule has 0 radical (unpaired) electrons. The summed E-state index contributed by atoms with van der Waals surface area (Å²) in [7, 11) is -3.68. The molecule has 0 aliphatic heterocycles. The number of ether oxygens (including phenoxy) is 1. The highest BCUT2D eigenvalue weighted by molar-refractivity contribution is 7.89. The minimum Gasteiger partial charge on any atom is -0.492 e. The lowest BCUT2D eigenvalue weighted by atomic mass is 10.2. The van der Waals surface area contributed by atoms with Gasteiger partial charge in [0.05, 0.1) is 12.9 Å². The summed E-state index contributed by atoms with van der Waals surface area (Å²) in [4.78, 5) is 4.01. The summed E-state index contributed by atoms with van der Waals surface area (Å²) in [6.07, 6.45) is 5.87. The Morgan fingerprint density at radius 3 is 2.83 bits per heavy atom. The van der Waals surface area contributed by atoms with Crippen LogP contribution < -0.4 is 9.46 Å². The van der Waals surface area contributed by atoms with Crippen LogP contribution in [0, 0.1) is 6.92 Å². The smallest absolute Gasteiger partial charge is 0.244 e. The Balaban J connectivity index is 2.07. The lowest BCUT2D eigenvalue weighted by molar-refractivity contribution is 0.330. The number of hydrogen-bond donors (Lipinski definition) is 1. The first-order valence-electron chi connectivity index (χ1n) is 7.32. The summed E-state index contributed by atoms with van der Waals surface area (Å²) in [6.45, 7) is 5.00. The van der Waals surface area contributed by atoms with Gasteiger partial charge in [-0.15, -0.1) is 0 Å². The van der Waals surface area contributed by atoms with Crippen LogP contribution in [0.2, 0.25) is 5.02 Å². The molecule has 1 aromatic heterocycles. The van der Waals surface area contributed by atoms with E-state index < -0.39 is 10.0 Å². The van der Waals surface area contributed by atoms with Crippen LogP contribution in [0.15, 0.2) is 35.7 Å². The molecule has 8 heteroatoms. The number of nitrogens with one attached hydrogen (secondary N) is 1. The highest BCUT2D eigenvalue weighted by Crippen LogP contribution is 2.30. The van der Waals surface area contributed by atoms with Crippen molar-refractivity contribution in [2.24, 2.45) is 0 Å². The number of halogens is 1. The quantitative estimate of drug-likeness (QED) is 0.737. The van der Waals surface area contributed by atoms with E-state index >= 15 is 0 Å². The average Bonchev–Trinajstić information content (AvgIpc) is 3.00. The molecule has 0 aliphatic rings. The van der Waals surface area contributed by atoms with Crippen molar-refractivity contribution in [3.63, 3.8) is 0 Å². The van der Waals surface area contributed by atoms with Crippen LogP contribution in [0.3, 0.4) is 0 Å². The number of aromatic nitrogens is 2. The number of benzene rings is 1. The van der Waals surface area contributed by atoms with Gasteiger partial charge in [-0.25, -0.2) is 18.1 Å². The zero-order chi connectivity index (χ0) is 16.9. The standard InChI is InChI=1S/C15H20ClN3O3S/c1-3-22-14-9-12(2)13(16)10-15(14)23(20,21)18-5-4-7-19-8-6-17-11-19/h6,8-11,18H,3-5,7H2,1-2H3. The van der Waals surface area contributed by atoms with Gasteiger partial charge >= 0.3 is 0 Å². The van der Waals surface area contributed by atoms with E-state index in [1.807, 2.05) is 10.8 Å². The predicted octanol–water partition coefficient (Wildman–Crippen LogP) is 2.61. The van der Waals surface area contributed by atoms with E-state index in [0.717, 1.165) is 5.56 Å². The number of nitrogens with zero attached hydrogens (tertiary/aromatic N) is 2. The molecule has 0 bridgehead atoms. The number of hydrogen-bond acceptors (Lipinski definition) is 4. The number of imidazole rings is 1. The molecule has 23 heavy (non-hydrogen) atoms. The monoisotopic (exact) mass is 357 g/mol. The number of aryl methyl sites for hydroxylation is 2. The fourth-order valence-electron chi connectivity index (χ4n) is 2.08. The van der Waals surface area contributed by atoms with Gasteiger partial charge in [-0.3, -0.25) is 0 Å². The van der Waals surface area contributed by atoms with Crippen molar-refractivity contribution in [1.82, 2.24) is 14.3 Å². The Morgan fingerprint density at radius 2 is 2.17 bits per heavy atom. The van der Waals surface area contributed by atoms with Gasteiger partial charge in [0.15, 0.2) is 0 Å². The van der Waals surface area contributed by atoms with Crippen LogP contribution in [-0.4, -0.2) is 31.1 Å². The summed E-state index contributed by atoms with van der Waals surface area (Å²) in [6, 6.07) is 3.08. The van der Waals surface area contributed by atoms with Crippen molar-refractivity contribution in [3.8, 4) is 5.75 Å². The molecule has 0 unspecified atom stereocenters. The maximum absolute atomic E-state index is 12.5. The van der Waals surface area contributed by atoms with E-state index in [2.05, 4.69) is 9.71 Å². The molecule has 0 atom stereocenters. The lowest BCUT2D eigenvalue weighted by Gasteiger charge is -2.13. The summed E-state index contributed by atoms with van der Waals surface area (Å²) >= 11 is 6.06. The Kier molecular flexibility index (Phi) is 6.04. The first-order chi connectivity index (χ1) is 10.9. The number of rotatable bonds is 8. The SMILES string of the molecule is CCOc1cc(C)c(Cl)cc1S(=O)(=O)NCCCn1ccnc1. The molecule has 0 amide bonds. The largest absolute Gasteiger partial charge is 0.492 e. The van der Waals surface area contributed by atoms with Gasteiger partial charge in [0.2, 0.25) is 10.0 Å². The van der Waals surface area contributed by atoms with Crippen molar-refractivity contribution >= 4 is 21.6 Å². The Morgan fingerprint density at radius 1 is 1.39 bits per heavy atom. The van der Waals surface area contributed by atoms with Crippen LogP contribution in [-0.2, 0) is 16.6 Å². The molecule has 2 aromatic rings.